The number of amides is 1. The highest BCUT2D eigenvalue weighted by Crippen LogP contribution is 2.31. The molecule has 0 atom stereocenters. The topological polar surface area (TPSA) is 49.3 Å². The minimum atomic E-state index is -0.628. The Bertz CT molecular complexity index is 744. The molecule has 2 aromatic carbocycles. The van der Waals surface area contributed by atoms with Crippen LogP contribution in [0.4, 0.5) is 0 Å². The van der Waals surface area contributed by atoms with Gasteiger partial charge in [0.1, 0.15) is 0 Å². The van der Waals surface area contributed by atoms with E-state index in [0.717, 1.165) is 22.8 Å². The largest absolute Gasteiger partial charge is 0.394 e. The van der Waals surface area contributed by atoms with Crippen LogP contribution in [0.25, 0.3) is 16.8 Å². The summed E-state index contributed by atoms with van der Waals surface area (Å²) in [4.78, 5) is 12.5. The molecule has 0 saturated heterocycles. The van der Waals surface area contributed by atoms with Gasteiger partial charge in [0.2, 0.25) is 0 Å². The highest BCUT2D eigenvalue weighted by Gasteiger charge is 2.23. The zero-order chi connectivity index (χ0) is 15.0. The molecule has 2 N–H and O–H groups in total. The van der Waals surface area contributed by atoms with Crippen LogP contribution in [0.15, 0.2) is 36.4 Å². The second-order valence-corrected chi connectivity index (χ2v) is 6.14. The average Bonchev–Trinajstić information content (AvgIpc) is 2.48. The Morgan fingerprint density at radius 2 is 2.10 bits per heavy atom. The fourth-order valence-corrected chi connectivity index (χ4v) is 2.74. The molecule has 21 heavy (non-hydrogen) atoms. The lowest BCUT2D eigenvalue weighted by molar-refractivity contribution is 0.0869. The molecule has 1 aliphatic rings. The van der Waals surface area contributed by atoms with Crippen molar-refractivity contribution in [2.45, 2.75) is 25.8 Å². The van der Waals surface area contributed by atoms with Crippen LogP contribution in [-0.2, 0) is 6.42 Å². The molecule has 0 radical (unpaired) electrons. The van der Waals surface area contributed by atoms with E-state index in [1.165, 1.54) is 5.56 Å². The third-order valence-corrected chi connectivity index (χ3v) is 3.89. The maximum Gasteiger partial charge on any atom is 0.252 e. The SMILES string of the molecule is CC(C)(CO)NC(=O)c1ccc2cccc3c2c1C=CC3. The van der Waals surface area contributed by atoms with Gasteiger partial charge in [-0.1, -0.05) is 36.4 Å². The zero-order valence-corrected chi connectivity index (χ0v) is 12.3. The Balaban J connectivity index is 2.11. The fourth-order valence-electron chi connectivity index (χ4n) is 2.74. The Morgan fingerprint density at radius 3 is 2.86 bits per heavy atom. The summed E-state index contributed by atoms with van der Waals surface area (Å²) in [6.07, 6.45) is 5.01. The first-order chi connectivity index (χ1) is 10.0. The maximum atomic E-state index is 12.5. The zero-order valence-electron chi connectivity index (χ0n) is 12.3. The van der Waals surface area contributed by atoms with Gasteiger partial charge in [-0.2, -0.15) is 0 Å². The van der Waals surface area contributed by atoms with Gasteiger partial charge >= 0.3 is 0 Å². The smallest absolute Gasteiger partial charge is 0.252 e. The summed E-state index contributed by atoms with van der Waals surface area (Å²) < 4.78 is 0. The van der Waals surface area contributed by atoms with E-state index < -0.39 is 5.54 Å². The fraction of sp³-hybridized carbons (Fsp3) is 0.278. The predicted octanol–water partition coefficient (Wildman–Crippen LogP) is 2.91. The molecule has 1 amide bonds. The molecule has 3 rings (SSSR count). The van der Waals surface area contributed by atoms with Gasteiger partial charge in [0.15, 0.2) is 0 Å². The number of aliphatic hydroxyl groups is 1. The van der Waals surface area contributed by atoms with Crippen molar-refractivity contribution < 1.29 is 9.90 Å². The second kappa shape index (κ2) is 5.01. The van der Waals surface area contributed by atoms with Crippen molar-refractivity contribution in [3.8, 4) is 0 Å². The predicted molar refractivity (Wildman–Crippen MR) is 85.3 cm³/mol. The number of allylic oxidation sites excluding steroid dienone is 1. The summed E-state index contributed by atoms with van der Waals surface area (Å²) in [6.45, 7) is 3.51. The lowest BCUT2D eigenvalue weighted by Gasteiger charge is -2.24. The first kappa shape index (κ1) is 13.8. The van der Waals surface area contributed by atoms with E-state index in [1.54, 1.807) is 13.8 Å². The summed E-state index contributed by atoms with van der Waals surface area (Å²) in [5.74, 6) is -0.146. The van der Waals surface area contributed by atoms with Crippen LogP contribution in [0.1, 0.15) is 35.3 Å². The first-order valence-electron chi connectivity index (χ1n) is 7.16. The van der Waals surface area contributed by atoms with E-state index in [2.05, 4.69) is 29.6 Å². The van der Waals surface area contributed by atoms with Gasteiger partial charge in [0.25, 0.3) is 5.91 Å². The summed E-state index contributed by atoms with van der Waals surface area (Å²) >= 11 is 0. The minimum Gasteiger partial charge on any atom is -0.394 e. The Morgan fingerprint density at radius 1 is 1.29 bits per heavy atom. The third-order valence-electron chi connectivity index (χ3n) is 3.89. The molecule has 0 aromatic heterocycles. The van der Waals surface area contributed by atoms with Crippen molar-refractivity contribution in [3.05, 3.63) is 53.1 Å². The van der Waals surface area contributed by atoms with Gasteiger partial charge in [-0.05, 0) is 48.2 Å². The molecule has 0 fully saturated rings. The standard InChI is InChI=1S/C18H19NO2/c1-18(2,11-20)19-17(21)15-10-9-13-6-3-5-12-7-4-8-14(15)16(12)13/h3-6,8-10,20H,7,11H2,1-2H3,(H,19,21). The number of hydrogen-bond donors (Lipinski definition) is 2. The number of hydrogen-bond acceptors (Lipinski definition) is 2. The van der Waals surface area contributed by atoms with E-state index in [-0.39, 0.29) is 12.5 Å². The van der Waals surface area contributed by atoms with Gasteiger partial charge in [0.05, 0.1) is 12.1 Å². The lowest BCUT2D eigenvalue weighted by Crippen LogP contribution is -2.46. The monoisotopic (exact) mass is 281 g/mol. The van der Waals surface area contributed by atoms with Crippen LogP contribution >= 0.6 is 0 Å². The molecule has 0 unspecified atom stereocenters. The Labute approximate surface area is 124 Å². The highest BCUT2D eigenvalue weighted by molar-refractivity contribution is 6.06. The van der Waals surface area contributed by atoms with Crippen molar-refractivity contribution in [2.75, 3.05) is 6.61 Å². The number of aliphatic hydroxyl groups excluding tert-OH is 1. The summed E-state index contributed by atoms with van der Waals surface area (Å²) in [6, 6.07) is 10.1. The van der Waals surface area contributed by atoms with Crippen LogP contribution in [0.2, 0.25) is 0 Å². The molecule has 0 bridgehead atoms. The molecule has 0 spiro atoms. The summed E-state index contributed by atoms with van der Waals surface area (Å²) in [7, 11) is 0. The second-order valence-electron chi connectivity index (χ2n) is 6.14. The Kier molecular flexibility index (Phi) is 3.30. The lowest BCUT2D eigenvalue weighted by atomic mass is 9.89. The van der Waals surface area contributed by atoms with Crippen LogP contribution < -0.4 is 5.32 Å². The number of benzene rings is 2. The van der Waals surface area contributed by atoms with E-state index in [4.69, 9.17) is 0 Å². The molecular weight excluding hydrogens is 262 g/mol. The quantitative estimate of drug-likeness (QED) is 0.909. The molecule has 0 saturated carbocycles. The number of rotatable bonds is 3. The van der Waals surface area contributed by atoms with Crippen LogP contribution in [-0.4, -0.2) is 23.2 Å². The van der Waals surface area contributed by atoms with E-state index >= 15 is 0 Å². The van der Waals surface area contributed by atoms with E-state index in [0.29, 0.717) is 5.56 Å². The average molecular weight is 281 g/mol. The molecule has 108 valence electrons. The summed E-state index contributed by atoms with van der Waals surface area (Å²) in [5.41, 5.74) is 2.26. The van der Waals surface area contributed by atoms with Gasteiger partial charge in [0, 0.05) is 5.56 Å². The van der Waals surface area contributed by atoms with Crippen LogP contribution in [0.3, 0.4) is 0 Å². The van der Waals surface area contributed by atoms with Gasteiger partial charge < -0.3 is 10.4 Å². The van der Waals surface area contributed by atoms with Gasteiger partial charge in [-0.3, -0.25) is 4.79 Å². The number of carbonyl (C=O) groups is 1. The van der Waals surface area contributed by atoms with Crippen LogP contribution in [0, 0.1) is 0 Å². The van der Waals surface area contributed by atoms with E-state index in [9.17, 15) is 9.90 Å². The minimum absolute atomic E-state index is 0.0945. The molecule has 2 aromatic rings. The Hall–Kier alpha value is -2.13. The third kappa shape index (κ3) is 2.45. The molecule has 0 heterocycles. The molecular formula is C18H19NO2. The number of carbonyl (C=O) groups excluding carboxylic acids is 1. The summed E-state index contributed by atoms with van der Waals surface area (Å²) in [5, 5.41) is 14.5. The maximum absolute atomic E-state index is 12.5. The molecule has 1 aliphatic carbocycles. The van der Waals surface area contributed by atoms with Crippen molar-refractivity contribution in [2.24, 2.45) is 0 Å². The first-order valence-corrected chi connectivity index (χ1v) is 7.16. The molecule has 0 aliphatic heterocycles. The van der Waals surface area contributed by atoms with Gasteiger partial charge in [-0.15, -0.1) is 0 Å². The number of nitrogens with one attached hydrogen (secondary N) is 1. The van der Waals surface area contributed by atoms with Gasteiger partial charge in [-0.25, -0.2) is 0 Å². The highest BCUT2D eigenvalue weighted by atomic mass is 16.3. The van der Waals surface area contributed by atoms with Crippen molar-refractivity contribution in [3.63, 3.8) is 0 Å². The molecule has 3 nitrogen and oxygen atoms in total. The molecule has 3 heteroatoms. The van der Waals surface area contributed by atoms with Crippen LogP contribution in [0.5, 0.6) is 0 Å². The van der Waals surface area contributed by atoms with Crippen molar-refractivity contribution >= 4 is 22.8 Å². The van der Waals surface area contributed by atoms with Crippen molar-refractivity contribution in [1.82, 2.24) is 5.32 Å². The van der Waals surface area contributed by atoms with E-state index in [1.807, 2.05) is 18.2 Å². The normalized spacial score (nSPS) is 13.5. The van der Waals surface area contributed by atoms with Crippen molar-refractivity contribution in [1.29, 1.82) is 0 Å².